The van der Waals surface area contributed by atoms with Crippen molar-refractivity contribution >= 4 is 11.6 Å². The van der Waals surface area contributed by atoms with E-state index in [2.05, 4.69) is 36.0 Å². The molecular formula is C18H29N5O2. The summed E-state index contributed by atoms with van der Waals surface area (Å²) < 4.78 is 10.9. The van der Waals surface area contributed by atoms with Gasteiger partial charge < -0.3 is 30.3 Å². The third kappa shape index (κ3) is 4.55. The highest BCUT2D eigenvalue weighted by molar-refractivity contribution is 5.94. The van der Waals surface area contributed by atoms with E-state index in [-0.39, 0.29) is 12.2 Å². The number of nitrogens with two attached hydrogens (primary N) is 1. The molecule has 1 aromatic carbocycles. The smallest absolute Gasteiger partial charge is 0.231 e. The molecule has 7 nitrogen and oxygen atoms in total. The molecule has 138 valence electrons. The van der Waals surface area contributed by atoms with Crippen LogP contribution in [0.1, 0.15) is 13.8 Å². The van der Waals surface area contributed by atoms with Gasteiger partial charge in [-0.15, -0.1) is 0 Å². The summed E-state index contributed by atoms with van der Waals surface area (Å²) >= 11 is 0. The van der Waals surface area contributed by atoms with E-state index in [1.807, 2.05) is 18.2 Å². The molecule has 0 saturated carbocycles. The van der Waals surface area contributed by atoms with E-state index in [9.17, 15) is 0 Å². The molecule has 2 aliphatic heterocycles. The molecule has 0 aromatic heterocycles. The van der Waals surface area contributed by atoms with Crippen LogP contribution in [-0.2, 0) is 0 Å². The maximum atomic E-state index is 5.86. The van der Waals surface area contributed by atoms with Crippen LogP contribution in [0.25, 0.3) is 0 Å². The minimum absolute atomic E-state index is 0.0194. The van der Waals surface area contributed by atoms with Crippen LogP contribution in [0.3, 0.4) is 0 Å². The summed E-state index contributed by atoms with van der Waals surface area (Å²) in [5.74, 6) is 2.45. The number of fused-ring (bicyclic) bond motifs is 1. The Bertz CT molecular complexity index is 624. The second-order valence-corrected chi connectivity index (χ2v) is 7.49. The van der Waals surface area contributed by atoms with Gasteiger partial charge in [0.2, 0.25) is 6.79 Å². The van der Waals surface area contributed by atoms with Gasteiger partial charge in [-0.1, -0.05) is 13.8 Å². The van der Waals surface area contributed by atoms with Crippen molar-refractivity contribution in [2.45, 2.75) is 13.8 Å². The van der Waals surface area contributed by atoms with Gasteiger partial charge in [0, 0.05) is 44.5 Å². The zero-order chi connectivity index (χ0) is 17.9. The zero-order valence-corrected chi connectivity index (χ0v) is 15.4. The lowest BCUT2D eigenvalue weighted by atomic mass is 9.94. The highest BCUT2D eigenvalue weighted by Gasteiger charge is 2.21. The molecule has 3 rings (SSSR count). The fraction of sp³-hybridized carbons (Fsp3) is 0.611. The van der Waals surface area contributed by atoms with Crippen molar-refractivity contribution < 1.29 is 9.47 Å². The van der Waals surface area contributed by atoms with Crippen molar-refractivity contribution in [2.24, 2.45) is 16.1 Å². The molecule has 3 N–H and O–H groups in total. The summed E-state index contributed by atoms with van der Waals surface area (Å²) in [7, 11) is 2.15. The number of hydrogen-bond acceptors (Lipinski definition) is 5. The number of hydrogen-bond donors (Lipinski definition) is 2. The van der Waals surface area contributed by atoms with Gasteiger partial charge in [0.15, 0.2) is 17.5 Å². The van der Waals surface area contributed by atoms with Crippen molar-refractivity contribution in [1.82, 2.24) is 9.80 Å². The molecule has 0 bridgehead atoms. The third-order valence-corrected chi connectivity index (χ3v) is 4.64. The standard InChI is InChI=1S/C18H29N5O2/c1-18(2,11-19)12-20-17(23-8-6-22(3)7-9-23)21-14-4-5-15-16(10-14)25-13-24-15/h4-5,10H,6-9,11-13,19H2,1-3H3,(H,20,21). The molecule has 1 saturated heterocycles. The molecule has 7 heteroatoms. The molecular weight excluding hydrogens is 318 g/mol. The van der Waals surface area contributed by atoms with E-state index in [1.54, 1.807) is 0 Å². The number of piperazine rings is 1. The van der Waals surface area contributed by atoms with E-state index in [4.69, 9.17) is 20.2 Å². The summed E-state index contributed by atoms with van der Waals surface area (Å²) in [5.41, 5.74) is 6.79. The van der Waals surface area contributed by atoms with Crippen LogP contribution in [0.2, 0.25) is 0 Å². The Hall–Kier alpha value is -1.99. The zero-order valence-electron chi connectivity index (χ0n) is 15.4. The predicted molar refractivity (Wildman–Crippen MR) is 100 cm³/mol. The second kappa shape index (κ2) is 7.49. The Labute approximate surface area is 149 Å². The Morgan fingerprint density at radius 2 is 1.92 bits per heavy atom. The number of ether oxygens (including phenoxy) is 2. The minimum Gasteiger partial charge on any atom is -0.454 e. The maximum absolute atomic E-state index is 5.86. The molecule has 1 aromatic rings. The molecule has 0 atom stereocenters. The normalized spacial score (nSPS) is 18.6. The fourth-order valence-electron chi connectivity index (χ4n) is 2.69. The van der Waals surface area contributed by atoms with Crippen LogP contribution in [-0.4, -0.2) is 68.9 Å². The second-order valence-electron chi connectivity index (χ2n) is 7.49. The number of anilines is 1. The quantitative estimate of drug-likeness (QED) is 0.634. The lowest BCUT2D eigenvalue weighted by Crippen LogP contribution is -2.49. The first kappa shape index (κ1) is 17.8. The SMILES string of the molecule is CN1CCN(C(=NCC(C)(C)CN)Nc2ccc3c(c2)OCO3)CC1. The first-order valence-corrected chi connectivity index (χ1v) is 8.81. The number of benzene rings is 1. The van der Waals surface area contributed by atoms with Crippen molar-refractivity contribution in [3.63, 3.8) is 0 Å². The number of nitrogens with zero attached hydrogens (tertiary/aromatic N) is 3. The minimum atomic E-state index is -0.0194. The number of guanidine groups is 1. The summed E-state index contributed by atoms with van der Waals surface area (Å²) in [6.07, 6.45) is 0. The van der Waals surface area contributed by atoms with Gasteiger partial charge in [-0.2, -0.15) is 0 Å². The molecule has 0 spiro atoms. The Morgan fingerprint density at radius 3 is 2.64 bits per heavy atom. The number of rotatable bonds is 4. The van der Waals surface area contributed by atoms with E-state index in [0.717, 1.165) is 49.3 Å². The van der Waals surface area contributed by atoms with Crippen LogP contribution in [0, 0.1) is 5.41 Å². The predicted octanol–water partition coefficient (Wildman–Crippen LogP) is 1.42. The van der Waals surface area contributed by atoms with Gasteiger partial charge in [-0.3, -0.25) is 4.99 Å². The average molecular weight is 347 g/mol. The van der Waals surface area contributed by atoms with E-state index >= 15 is 0 Å². The van der Waals surface area contributed by atoms with Crippen molar-refractivity contribution in [3.05, 3.63) is 18.2 Å². The van der Waals surface area contributed by atoms with Crippen molar-refractivity contribution in [1.29, 1.82) is 0 Å². The van der Waals surface area contributed by atoms with E-state index in [0.29, 0.717) is 13.1 Å². The van der Waals surface area contributed by atoms with E-state index in [1.165, 1.54) is 0 Å². The van der Waals surface area contributed by atoms with Gasteiger partial charge in [0.25, 0.3) is 0 Å². The monoisotopic (exact) mass is 347 g/mol. The average Bonchev–Trinajstić information content (AvgIpc) is 3.07. The number of aliphatic imine (C=N–C) groups is 1. The first-order valence-electron chi connectivity index (χ1n) is 8.81. The highest BCUT2D eigenvalue weighted by Crippen LogP contribution is 2.34. The van der Waals surface area contributed by atoms with Crippen LogP contribution >= 0.6 is 0 Å². The Kier molecular flexibility index (Phi) is 5.34. The largest absolute Gasteiger partial charge is 0.454 e. The number of nitrogens with one attached hydrogen (secondary N) is 1. The van der Waals surface area contributed by atoms with Crippen LogP contribution < -0.4 is 20.5 Å². The van der Waals surface area contributed by atoms with Gasteiger partial charge in [0.1, 0.15) is 0 Å². The lowest BCUT2D eigenvalue weighted by molar-refractivity contribution is 0.174. The van der Waals surface area contributed by atoms with E-state index < -0.39 is 0 Å². The topological polar surface area (TPSA) is 75.4 Å². The first-order chi connectivity index (χ1) is 12.0. The molecule has 2 heterocycles. The molecule has 0 unspecified atom stereocenters. The maximum Gasteiger partial charge on any atom is 0.231 e. The Morgan fingerprint density at radius 1 is 1.20 bits per heavy atom. The van der Waals surface area contributed by atoms with Gasteiger partial charge in [-0.25, -0.2) is 0 Å². The third-order valence-electron chi connectivity index (χ3n) is 4.64. The molecule has 1 fully saturated rings. The van der Waals surface area contributed by atoms with Gasteiger partial charge in [-0.05, 0) is 31.1 Å². The van der Waals surface area contributed by atoms with Gasteiger partial charge >= 0.3 is 0 Å². The van der Waals surface area contributed by atoms with Crippen molar-refractivity contribution in [3.8, 4) is 11.5 Å². The molecule has 2 aliphatic rings. The fourth-order valence-corrected chi connectivity index (χ4v) is 2.69. The molecule has 0 radical (unpaired) electrons. The summed E-state index contributed by atoms with van der Waals surface area (Å²) in [5, 5.41) is 3.47. The van der Waals surface area contributed by atoms with Gasteiger partial charge in [0.05, 0.1) is 0 Å². The summed E-state index contributed by atoms with van der Waals surface area (Å²) in [6.45, 7) is 9.82. The van der Waals surface area contributed by atoms with Crippen LogP contribution in [0.15, 0.2) is 23.2 Å². The lowest BCUT2D eigenvalue weighted by Gasteiger charge is -2.35. The summed E-state index contributed by atoms with van der Waals surface area (Å²) in [4.78, 5) is 9.50. The highest BCUT2D eigenvalue weighted by atomic mass is 16.7. The Balaban J connectivity index is 1.77. The van der Waals surface area contributed by atoms with Crippen molar-refractivity contribution in [2.75, 3.05) is 58.4 Å². The van der Waals surface area contributed by atoms with Crippen LogP contribution in [0.4, 0.5) is 5.69 Å². The molecule has 0 amide bonds. The van der Waals surface area contributed by atoms with Crippen LogP contribution in [0.5, 0.6) is 11.5 Å². The molecule has 25 heavy (non-hydrogen) atoms. The summed E-state index contributed by atoms with van der Waals surface area (Å²) in [6, 6.07) is 5.88. The molecule has 0 aliphatic carbocycles. The number of likely N-dealkylation sites (N-methyl/N-ethyl adjacent to an activating group) is 1.